The van der Waals surface area contributed by atoms with E-state index < -0.39 is 21.0 Å². The van der Waals surface area contributed by atoms with E-state index in [4.69, 9.17) is 8.92 Å². The first-order chi connectivity index (χ1) is 10.3. The first-order valence-corrected chi connectivity index (χ1v) is 8.98. The Morgan fingerprint density at radius 1 is 1.23 bits per heavy atom. The van der Waals surface area contributed by atoms with Crippen molar-refractivity contribution < 1.29 is 22.4 Å². The smallest absolute Gasteiger partial charge is 0.273 e. The summed E-state index contributed by atoms with van der Waals surface area (Å²) in [6, 6.07) is 9.65. The van der Waals surface area contributed by atoms with Gasteiger partial charge in [0, 0.05) is 0 Å². The maximum absolute atomic E-state index is 12.2. The van der Waals surface area contributed by atoms with Gasteiger partial charge in [-0.25, -0.2) is 0 Å². The zero-order valence-electron chi connectivity index (χ0n) is 13.1. The number of rotatable bonds is 9. The standard InChI is InChI=1S/C16H24O5S/c1-13(2)21-22(18,19)16(8-9-16)10-15(17)12-20-11-14-6-4-3-5-7-14/h3-7,13,15,17H,8-12H2,1-2H3. The van der Waals surface area contributed by atoms with Gasteiger partial charge in [-0.1, -0.05) is 30.3 Å². The summed E-state index contributed by atoms with van der Waals surface area (Å²) in [7, 11) is -3.64. The molecule has 0 amide bonds. The predicted molar refractivity (Wildman–Crippen MR) is 83.8 cm³/mol. The number of ether oxygens (including phenoxy) is 1. The average molecular weight is 328 g/mol. The topological polar surface area (TPSA) is 72.8 Å². The minimum Gasteiger partial charge on any atom is -0.391 e. The molecule has 0 spiro atoms. The molecule has 124 valence electrons. The van der Waals surface area contributed by atoms with E-state index in [-0.39, 0.29) is 19.1 Å². The average Bonchev–Trinajstić information content (AvgIpc) is 3.20. The van der Waals surface area contributed by atoms with Crippen molar-refractivity contribution in [3.63, 3.8) is 0 Å². The minimum absolute atomic E-state index is 0.119. The van der Waals surface area contributed by atoms with Crippen LogP contribution in [0.2, 0.25) is 0 Å². The van der Waals surface area contributed by atoms with E-state index in [1.165, 1.54) is 0 Å². The third-order valence-corrected chi connectivity index (χ3v) is 5.96. The highest BCUT2D eigenvalue weighted by molar-refractivity contribution is 7.88. The molecular weight excluding hydrogens is 304 g/mol. The summed E-state index contributed by atoms with van der Waals surface area (Å²) in [5, 5.41) is 10.1. The molecule has 5 nitrogen and oxygen atoms in total. The number of hydrogen-bond donors (Lipinski definition) is 1. The summed E-state index contributed by atoms with van der Waals surface area (Å²) in [5.74, 6) is 0. The highest BCUT2D eigenvalue weighted by Gasteiger charge is 2.56. The van der Waals surface area contributed by atoms with Crippen LogP contribution >= 0.6 is 0 Å². The van der Waals surface area contributed by atoms with Crippen molar-refractivity contribution in [1.29, 1.82) is 0 Å². The molecule has 0 heterocycles. The van der Waals surface area contributed by atoms with Crippen LogP contribution in [0.1, 0.15) is 38.7 Å². The molecule has 1 fully saturated rings. The van der Waals surface area contributed by atoms with Crippen LogP contribution in [0.15, 0.2) is 30.3 Å². The molecule has 1 atom stereocenters. The fourth-order valence-electron chi connectivity index (χ4n) is 2.43. The van der Waals surface area contributed by atoms with E-state index >= 15 is 0 Å². The fourth-order valence-corrected chi connectivity index (χ4v) is 4.14. The Morgan fingerprint density at radius 2 is 1.86 bits per heavy atom. The Morgan fingerprint density at radius 3 is 2.41 bits per heavy atom. The summed E-state index contributed by atoms with van der Waals surface area (Å²) in [4.78, 5) is 0. The van der Waals surface area contributed by atoms with Crippen LogP contribution < -0.4 is 0 Å². The number of benzene rings is 1. The van der Waals surface area contributed by atoms with Crippen LogP contribution in [0, 0.1) is 0 Å². The number of hydrogen-bond acceptors (Lipinski definition) is 5. The van der Waals surface area contributed by atoms with Crippen LogP contribution in [-0.4, -0.2) is 37.1 Å². The fraction of sp³-hybridized carbons (Fsp3) is 0.625. The lowest BCUT2D eigenvalue weighted by atomic mass is 10.2. The molecule has 1 aromatic carbocycles. The largest absolute Gasteiger partial charge is 0.391 e. The van der Waals surface area contributed by atoms with Gasteiger partial charge >= 0.3 is 0 Å². The van der Waals surface area contributed by atoms with Gasteiger partial charge in [0.25, 0.3) is 10.1 Å². The summed E-state index contributed by atoms with van der Waals surface area (Å²) < 4.78 is 34.0. The quantitative estimate of drug-likeness (QED) is 0.704. The molecule has 0 bridgehead atoms. The number of aliphatic hydroxyl groups excluding tert-OH is 1. The maximum Gasteiger partial charge on any atom is 0.273 e. The second-order valence-electron chi connectivity index (χ2n) is 6.14. The highest BCUT2D eigenvalue weighted by Crippen LogP contribution is 2.48. The Balaban J connectivity index is 1.80. The maximum atomic E-state index is 12.2. The molecule has 2 rings (SSSR count). The molecule has 0 radical (unpaired) electrons. The summed E-state index contributed by atoms with van der Waals surface area (Å²) >= 11 is 0. The molecule has 1 aliphatic rings. The van der Waals surface area contributed by atoms with Crippen LogP contribution in [0.4, 0.5) is 0 Å². The third kappa shape index (κ3) is 4.52. The lowest BCUT2D eigenvalue weighted by Gasteiger charge is -2.20. The van der Waals surface area contributed by atoms with Gasteiger partial charge in [0.05, 0.1) is 25.4 Å². The van der Waals surface area contributed by atoms with Gasteiger partial charge in [0.15, 0.2) is 0 Å². The Labute approximate surface area is 132 Å². The molecule has 1 unspecified atom stereocenters. The van der Waals surface area contributed by atoms with E-state index in [0.717, 1.165) is 5.56 Å². The number of aliphatic hydroxyl groups is 1. The first-order valence-electron chi connectivity index (χ1n) is 7.57. The van der Waals surface area contributed by atoms with E-state index in [1.54, 1.807) is 13.8 Å². The van der Waals surface area contributed by atoms with Gasteiger partial charge in [-0.3, -0.25) is 4.18 Å². The van der Waals surface area contributed by atoms with Gasteiger partial charge in [0.2, 0.25) is 0 Å². The molecule has 1 N–H and O–H groups in total. The van der Waals surface area contributed by atoms with E-state index in [2.05, 4.69) is 0 Å². The molecule has 0 aromatic heterocycles. The van der Waals surface area contributed by atoms with Gasteiger partial charge in [-0.05, 0) is 38.7 Å². The molecule has 1 aliphatic carbocycles. The van der Waals surface area contributed by atoms with E-state index in [1.807, 2.05) is 30.3 Å². The zero-order valence-corrected chi connectivity index (χ0v) is 13.9. The van der Waals surface area contributed by atoms with Crippen molar-refractivity contribution in [2.24, 2.45) is 0 Å². The highest BCUT2D eigenvalue weighted by atomic mass is 32.2. The molecule has 6 heteroatoms. The molecule has 0 aliphatic heterocycles. The van der Waals surface area contributed by atoms with Crippen molar-refractivity contribution in [3.05, 3.63) is 35.9 Å². The third-order valence-electron chi connectivity index (χ3n) is 3.69. The lowest BCUT2D eigenvalue weighted by molar-refractivity contribution is 0.0225. The SMILES string of the molecule is CC(C)OS(=O)(=O)C1(CC(O)COCc2ccccc2)CC1. The monoisotopic (exact) mass is 328 g/mol. The Kier molecular flexibility index (Phi) is 5.60. The van der Waals surface area contributed by atoms with Crippen molar-refractivity contribution in [3.8, 4) is 0 Å². The molecule has 1 aromatic rings. The predicted octanol–water partition coefficient (Wildman–Crippen LogP) is 2.24. The Bertz CT molecular complexity index is 563. The van der Waals surface area contributed by atoms with Crippen LogP contribution in [0.5, 0.6) is 0 Å². The summed E-state index contributed by atoms with van der Waals surface area (Å²) in [5.41, 5.74) is 1.02. The van der Waals surface area contributed by atoms with Crippen molar-refractivity contribution in [2.45, 2.75) is 56.7 Å². The van der Waals surface area contributed by atoms with E-state index in [9.17, 15) is 13.5 Å². The van der Waals surface area contributed by atoms with Crippen molar-refractivity contribution in [1.82, 2.24) is 0 Å². The molecule has 0 saturated heterocycles. The van der Waals surface area contributed by atoms with Crippen molar-refractivity contribution in [2.75, 3.05) is 6.61 Å². The molecular formula is C16H24O5S. The normalized spacial score (nSPS) is 18.4. The zero-order chi connectivity index (χ0) is 16.2. The van der Waals surface area contributed by atoms with Crippen molar-refractivity contribution >= 4 is 10.1 Å². The van der Waals surface area contributed by atoms with Gasteiger partial charge < -0.3 is 9.84 Å². The second kappa shape index (κ2) is 7.08. The second-order valence-corrected chi connectivity index (χ2v) is 8.11. The molecule has 22 heavy (non-hydrogen) atoms. The summed E-state index contributed by atoms with van der Waals surface area (Å²) in [6.07, 6.45) is 0.0533. The van der Waals surface area contributed by atoms with Gasteiger partial charge in [0.1, 0.15) is 4.75 Å². The Hall–Kier alpha value is -0.950. The van der Waals surface area contributed by atoms with Gasteiger partial charge in [-0.2, -0.15) is 8.42 Å². The van der Waals surface area contributed by atoms with Gasteiger partial charge in [-0.15, -0.1) is 0 Å². The lowest BCUT2D eigenvalue weighted by Crippen LogP contribution is -2.33. The minimum atomic E-state index is -3.64. The van der Waals surface area contributed by atoms with Crippen LogP contribution in [0.3, 0.4) is 0 Å². The van der Waals surface area contributed by atoms with E-state index in [0.29, 0.717) is 19.4 Å². The first kappa shape index (κ1) is 17.4. The summed E-state index contributed by atoms with van der Waals surface area (Å²) in [6.45, 7) is 3.90. The molecule has 1 saturated carbocycles. The van der Waals surface area contributed by atoms with Crippen LogP contribution in [-0.2, 0) is 25.6 Å². The van der Waals surface area contributed by atoms with Crippen LogP contribution in [0.25, 0.3) is 0 Å².